The molecular formula is C21H23BrN2O3. The largest absolute Gasteiger partial charge is 0.493 e. The van der Waals surface area contributed by atoms with Crippen molar-refractivity contribution in [3.05, 3.63) is 52.0 Å². The lowest BCUT2D eigenvalue weighted by Crippen LogP contribution is -2.43. The third kappa shape index (κ3) is 3.16. The van der Waals surface area contributed by atoms with Crippen molar-refractivity contribution >= 4 is 21.6 Å². The molecule has 0 aromatic heterocycles. The average molecular weight is 431 g/mol. The summed E-state index contributed by atoms with van der Waals surface area (Å²) in [6, 6.07) is 12.3. The molecular weight excluding hydrogens is 408 g/mol. The molecule has 0 saturated carbocycles. The van der Waals surface area contributed by atoms with E-state index < -0.39 is 0 Å². The van der Waals surface area contributed by atoms with Gasteiger partial charge in [0.25, 0.3) is 0 Å². The van der Waals surface area contributed by atoms with E-state index in [2.05, 4.69) is 40.9 Å². The Bertz CT molecular complexity index is 897. The van der Waals surface area contributed by atoms with Crippen LogP contribution in [-0.4, -0.2) is 31.2 Å². The smallest absolute Gasteiger partial charge is 0.190 e. The van der Waals surface area contributed by atoms with E-state index in [1.807, 2.05) is 30.3 Å². The zero-order valence-electron chi connectivity index (χ0n) is 15.9. The van der Waals surface area contributed by atoms with Crippen LogP contribution in [0.2, 0.25) is 0 Å². The summed E-state index contributed by atoms with van der Waals surface area (Å²) in [6.07, 6.45) is 0.743. The Balaban J connectivity index is 1.74. The second-order valence-electron chi connectivity index (χ2n) is 7.15. The van der Waals surface area contributed by atoms with Crippen molar-refractivity contribution in [2.45, 2.75) is 32.5 Å². The molecule has 27 heavy (non-hydrogen) atoms. The van der Waals surface area contributed by atoms with Gasteiger partial charge in [0.15, 0.2) is 17.7 Å². The molecule has 0 saturated heterocycles. The molecule has 2 aromatic carbocycles. The molecule has 0 spiro atoms. The van der Waals surface area contributed by atoms with Crippen molar-refractivity contribution in [1.29, 1.82) is 0 Å². The maximum Gasteiger partial charge on any atom is 0.190 e. The molecule has 0 N–H and O–H groups in total. The second kappa shape index (κ2) is 7.08. The first-order valence-electron chi connectivity index (χ1n) is 9.06. The average Bonchev–Trinajstić information content (AvgIpc) is 3.12. The summed E-state index contributed by atoms with van der Waals surface area (Å²) in [4.78, 5) is 0. The molecule has 5 nitrogen and oxygen atoms in total. The fourth-order valence-corrected chi connectivity index (χ4v) is 4.10. The minimum absolute atomic E-state index is 0.0821. The van der Waals surface area contributed by atoms with Gasteiger partial charge < -0.3 is 14.2 Å². The van der Waals surface area contributed by atoms with Crippen LogP contribution in [0.3, 0.4) is 0 Å². The van der Waals surface area contributed by atoms with Crippen molar-refractivity contribution in [1.82, 2.24) is 5.01 Å². The van der Waals surface area contributed by atoms with Gasteiger partial charge in [-0.15, -0.1) is 0 Å². The van der Waals surface area contributed by atoms with E-state index in [0.29, 0.717) is 11.7 Å². The first kappa shape index (κ1) is 18.2. The molecule has 2 heterocycles. The predicted octanol–water partition coefficient (Wildman–Crippen LogP) is 4.99. The van der Waals surface area contributed by atoms with Gasteiger partial charge in [-0.1, -0.05) is 29.8 Å². The van der Waals surface area contributed by atoms with Crippen molar-refractivity contribution in [2.24, 2.45) is 11.0 Å². The molecule has 0 bridgehead atoms. The standard InChI is InChI=1S/C21H23BrN2O3/c1-12(2)21-24-17(15-10-14(22)6-8-18(15)27-21)11-16(23-24)13-5-7-19(25-3)20(9-13)26-4/h5-10,12,17,21H,11H2,1-4H3/t17-,21-/m1/s1. The molecule has 2 aliphatic heterocycles. The lowest BCUT2D eigenvalue weighted by molar-refractivity contribution is -0.0461. The number of nitrogens with zero attached hydrogens (tertiary/aromatic N) is 2. The highest BCUT2D eigenvalue weighted by Crippen LogP contribution is 2.45. The highest BCUT2D eigenvalue weighted by atomic mass is 79.9. The summed E-state index contributed by atoms with van der Waals surface area (Å²) >= 11 is 3.58. The summed E-state index contributed by atoms with van der Waals surface area (Å²) < 4.78 is 18.1. The summed E-state index contributed by atoms with van der Waals surface area (Å²) in [5.74, 6) is 2.69. The van der Waals surface area contributed by atoms with Crippen LogP contribution in [-0.2, 0) is 0 Å². The van der Waals surface area contributed by atoms with E-state index in [0.717, 1.165) is 33.7 Å². The van der Waals surface area contributed by atoms with E-state index >= 15 is 0 Å². The van der Waals surface area contributed by atoms with Gasteiger partial charge in [0.2, 0.25) is 0 Å². The van der Waals surface area contributed by atoms with Crippen molar-refractivity contribution in [3.8, 4) is 17.2 Å². The summed E-state index contributed by atoms with van der Waals surface area (Å²) in [6.45, 7) is 4.32. The number of hydrogen-bond donors (Lipinski definition) is 0. The highest BCUT2D eigenvalue weighted by molar-refractivity contribution is 9.10. The molecule has 0 unspecified atom stereocenters. The second-order valence-corrected chi connectivity index (χ2v) is 8.07. The molecule has 6 heteroatoms. The maximum absolute atomic E-state index is 6.28. The van der Waals surface area contributed by atoms with Crippen LogP contribution in [0.4, 0.5) is 0 Å². The number of rotatable bonds is 4. The quantitative estimate of drug-likeness (QED) is 0.684. The third-order valence-corrected chi connectivity index (χ3v) is 5.56. The Morgan fingerprint density at radius 1 is 1.11 bits per heavy atom. The minimum Gasteiger partial charge on any atom is -0.493 e. The molecule has 0 amide bonds. The molecule has 2 aliphatic rings. The Morgan fingerprint density at radius 2 is 1.89 bits per heavy atom. The van der Waals surface area contributed by atoms with Gasteiger partial charge in [-0.25, -0.2) is 5.01 Å². The zero-order chi connectivity index (χ0) is 19.1. The van der Waals surface area contributed by atoms with Crippen LogP contribution in [0.5, 0.6) is 17.2 Å². The van der Waals surface area contributed by atoms with Gasteiger partial charge in [0.1, 0.15) is 5.75 Å². The minimum atomic E-state index is -0.0821. The van der Waals surface area contributed by atoms with Gasteiger partial charge in [0, 0.05) is 27.9 Å². The Labute approximate surface area is 168 Å². The molecule has 2 atom stereocenters. The molecule has 2 aromatic rings. The normalized spacial score (nSPS) is 20.7. The number of hydrazone groups is 1. The molecule has 142 valence electrons. The van der Waals surface area contributed by atoms with Crippen LogP contribution in [0, 0.1) is 5.92 Å². The van der Waals surface area contributed by atoms with Gasteiger partial charge >= 0.3 is 0 Å². The number of halogens is 1. The Kier molecular flexibility index (Phi) is 4.76. The first-order chi connectivity index (χ1) is 13.0. The van der Waals surface area contributed by atoms with Crippen LogP contribution in [0.25, 0.3) is 0 Å². The van der Waals surface area contributed by atoms with Crippen LogP contribution in [0.1, 0.15) is 37.4 Å². The number of methoxy groups -OCH3 is 2. The zero-order valence-corrected chi connectivity index (χ0v) is 17.5. The molecule has 0 aliphatic carbocycles. The van der Waals surface area contributed by atoms with E-state index in [1.54, 1.807) is 14.2 Å². The van der Waals surface area contributed by atoms with Crippen LogP contribution < -0.4 is 14.2 Å². The van der Waals surface area contributed by atoms with Gasteiger partial charge in [-0.05, 0) is 36.4 Å². The van der Waals surface area contributed by atoms with Crippen LogP contribution >= 0.6 is 15.9 Å². The van der Waals surface area contributed by atoms with E-state index in [9.17, 15) is 0 Å². The monoisotopic (exact) mass is 430 g/mol. The molecule has 0 fully saturated rings. The summed E-state index contributed by atoms with van der Waals surface area (Å²) in [5, 5.41) is 7.07. The number of hydrogen-bond acceptors (Lipinski definition) is 5. The summed E-state index contributed by atoms with van der Waals surface area (Å²) in [7, 11) is 3.29. The molecule has 0 radical (unpaired) electrons. The van der Waals surface area contributed by atoms with Crippen molar-refractivity contribution in [3.63, 3.8) is 0 Å². The highest BCUT2D eigenvalue weighted by Gasteiger charge is 2.41. The summed E-state index contributed by atoms with van der Waals surface area (Å²) in [5.41, 5.74) is 3.24. The van der Waals surface area contributed by atoms with E-state index in [-0.39, 0.29) is 12.3 Å². The fraction of sp³-hybridized carbons (Fsp3) is 0.381. The van der Waals surface area contributed by atoms with Crippen molar-refractivity contribution < 1.29 is 14.2 Å². The third-order valence-electron chi connectivity index (χ3n) is 5.07. The first-order valence-corrected chi connectivity index (χ1v) is 9.85. The predicted molar refractivity (Wildman–Crippen MR) is 109 cm³/mol. The van der Waals surface area contributed by atoms with Crippen LogP contribution in [0.15, 0.2) is 46.0 Å². The fourth-order valence-electron chi connectivity index (χ4n) is 3.72. The maximum atomic E-state index is 6.28. The number of fused-ring (bicyclic) bond motifs is 3. The number of benzene rings is 2. The Morgan fingerprint density at radius 3 is 2.59 bits per heavy atom. The van der Waals surface area contributed by atoms with Gasteiger partial charge in [-0.2, -0.15) is 5.10 Å². The van der Waals surface area contributed by atoms with Gasteiger partial charge in [-0.3, -0.25) is 0 Å². The van der Waals surface area contributed by atoms with E-state index in [1.165, 1.54) is 5.56 Å². The van der Waals surface area contributed by atoms with Gasteiger partial charge in [0.05, 0.1) is 26.0 Å². The number of ether oxygens (including phenoxy) is 3. The SMILES string of the molecule is COc1ccc(C2=NN3[C@H](C2)c2cc(Br)ccc2O[C@@H]3C(C)C)cc1OC. The molecule has 4 rings (SSSR count). The van der Waals surface area contributed by atoms with E-state index in [4.69, 9.17) is 19.3 Å². The lowest BCUT2D eigenvalue weighted by atomic mass is 9.95. The lowest BCUT2D eigenvalue weighted by Gasteiger charge is -2.40. The Hall–Kier alpha value is -2.21. The topological polar surface area (TPSA) is 43.3 Å². The van der Waals surface area contributed by atoms with Crippen molar-refractivity contribution in [2.75, 3.05) is 14.2 Å².